The number of benzene rings is 1. The quantitative estimate of drug-likeness (QED) is 0.817. The maximum absolute atomic E-state index is 12.9. The molecule has 3 rings (SSSR count). The first-order chi connectivity index (χ1) is 12.4. The van der Waals surface area contributed by atoms with E-state index in [0.29, 0.717) is 12.2 Å². The molecule has 1 aromatic carbocycles. The molecule has 1 aliphatic carbocycles. The topological polar surface area (TPSA) is 75.7 Å². The van der Waals surface area contributed by atoms with E-state index in [1.54, 1.807) is 4.90 Å². The number of hydrogen-bond donors (Lipinski definition) is 1. The smallest absolute Gasteiger partial charge is 0.312 e. The van der Waals surface area contributed by atoms with E-state index < -0.39 is 29.7 Å². The zero-order chi connectivity index (χ0) is 18.7. The number of halogens is 1. The molecule has 6 nitrogen and oxygen atoms in total. The van der Waals surface area contributed by atoms with Gasteiger partial charge in [0.05, 0.1) is 5.92 Å². The van der Waals surface area contributed by atoms with Crippen LogP contribution < -0.4 is 5.32 Å². The first-order valence-corrected chi connectivity index (χ1v) is 9.00. The van der Waals surface area contributed by atoms with Gasteiger partial charge in [0.1, 0.15) is 5.82 Å². The van der Waals surface area contributed by atoms with Gasteiger partial charge in [-0.15, -0.1) is 0 Å². The normalized spacial score (nSPS) is 21.7. The highest BCUT2D eigenvalue weighted by Gasteiger charge is 2.40. The van der Waals surface area contributed by atoms with E-state index >= 15 is 0 Å². The zero-order valence-electron chi connectivity index (χ0n) is 14.7. The van der Waals surface area contributed by atoms with Crippen LogP contribution in [0.25, 0.3) is 0 Å². The average Bonchev–Trinajstić information content (AvgIpc) is 3.26. The molecule has 2 fully saturated rings. The fourth-order valence-electron chi connectivity index (χ4n) is 3.56. The Morgan fingerprint density at radius 1 is 1.23 bits per heavy atom. The van der Waals surface area contributed by atoms with Crippen molar-refractivity contribution < 1.29 is 23.5 Å². The van der Waals surface area contributed by atoms with Crippen molar-refractivity contribution in [2.45, 2.75) is 51.2 Å². The second kappa shape index (κ2) is 7.85. The Morgan fingerprint density at radius 2 is 1.88 bits per heavy atom. The third kappa shape index (κ3) is 4.20. The predicted octanol–water partition coefficient (Wildman–Crippen LogP) is 2.49. The number of nitrogens with zero attached hydrogens (tertiary/aromatic N) is 1. The molecule has 1 aromatic rings. The van der Waals surface area contributed by atoms with Gasteiger partial charge >= 0.3 is 5.97 Å². The van der Waals surface area contributed by atoms with Crippen LogP contribution in [0.5, 0.6) is 0 Å². The highest BCUT2D eigenvalue weighted by atomic mass is 19.1. The molecule has 1 saturated carbocycles. The lowest BCUT2D eigenvalue weighted by atomic mass is 10.1. The average molecular weight is 362 g/mol. The molecule has 0 aromatic heterocycles. The third-order valence-electron chi connectivity index (χ3n) is 5.03. The minimum atomic E-state index is -0.997. The van der Waals surface area contributed by atoms with Crippen LogP contribution in [0.3, 0.4) is 0 Å². The first-order valence-electron chi connectivity index (χ1n) is 9.00. The highest BCUT2D eigenvalue weighted by Crippen LogP contribution is 2.30. The van der Waals surface area contributed by atoms with E-state index in [2.05, 4.69) is 5.32 Å². The van der Waals surface area contributed by atoms with Gasteiger partial charge in [0.25, 0.3) is 5.91 Å². The van der Waals surface area contributed by atoms with Gasteiger partial charge in [-0.3, -0.25) is 14.4 Å². The van der Waals surface area contributed by atoms with Gasteiger partial charge in [-0.05, 0) is 44.0 Å². The summed E-state index contributed by atoms with van der Waals surface area (Å²) < 4.78 is 18.1. The van der Waals surface area contributed by atoms with Crippen LogP contribution in [0, 0.1) is 11.7 Å². The minimum Gasteiger partial charge on any atom is -0.452 e. The van der Waals surface area contributed by atoms with Crippen molar-refractivity contribution >= 4 is 23.5 Å². The SMILES string of the molecule is C[C@@H](OC(=O)[C@@H]1CC(=O)N(C2CCCC2)C1)C(=O)Nc1ccc(F)cc1. The summed E-state index contributed by atoms with van der Waals surface area (Å²) in [5, 5.41) is 2.57. The zero-order valence-corrected chi connectivity index (χ0v) is 14.7. The first kappa shape index (κ1) is 18.4. The Hall–Kier alpha value is -2.44. The van der Waals surface area contributed by atoms with E-state index in [1.807, 2.05) is 0 Å². The van der Waals surface area contributed by atoms with Crippen molar-refractivity contribution in [1.29, 1.82) is 0 Å². The van der Waals surface area contributed by atoms with Gasteiger partial charge in [-0.2, -0.15) is 0 Å². The lowest BCUT2D eigenvalue weighted by Crippen LogP contribution is -2.36. The number of ether oxygens (including phenoxy) is 1. The fourth-order valence-corrected chi connectivity index (χ4v) is 3.56. The Kier molecular flexibility index (Phi) is 5.54. The number of nitrogens with one attached hydrogen (secondary N) is 1. The van der Waals surface area contributed by atoms with Gasteiger partial charge in [-0.1, -0.05) is 12.8 Å². The summed E-state index contributed by atoms with van der Waals surface area (Å²) in [6, 6.07) is 5.55. The van der Waals surface area contributed by atoms with Crippen LogP contribution in [0.15, 0.2) is 24.3 Å². The van der Waals surface area contributed by atoms with E-state index in [0.717, 1.165) is 25.7 Å². The second-order valence-corrected chi connectivity index (χ2v) is 6.96. The molecule has 0 unspecified atom stereocenters. The van der Waals surface area contributed by atoms with Crippen LogP contribution >= 0.6 is 0 Å². The lowest BCUT2D eigenvalue weighted by Gasteiger charge is -2.24. The lowest BCUT2D eigenvalue weighted by molar-refractivity contribution is -0.157. The molecule has 1 heterocycles. The molecule has 2 aliphatic rings. The second-order valence-electron chi connectivity index (χ2n) is 6.96. The molecule has 2 atom stereocenters. The molecule has 0 spiro atoms. The maximum atomic E-state index is 12.9. The molecule has 1 aliphatic heterocycles. The molecule has 0 radical (unpaired) electrons. The Bertz CT molecular complexity index is 685. The molecule has 26 heavy (non-hydrogen) atoms. The number of hydrogen-bond acceptors (Lipinski definition) is 4. The number of anilines is 1. The third-order valence-corrected chi connectivity index (χ3v) is 5.03. The van der Waals surface area contributed by atoms with Crippen molar-refractivity contribution in [1.82, 2.24) is 4.90 Å². The Morgan fingerprint density at radius 3 is 2.54 bits per heavy atom. The van der Waals surface area contributed by atoms with Gasteiger partial charge in [0, 0.05) is 24.7 Å². The summed E-state index contributed by atoms with van der Waals surface area (Å²) in [6.07, 6.45) is 3.35. The van der Waals surface area contributed by atoms with Crippen molar-refractivity contribution in [3.63, 3.8) is 0 Å². The summed E-state index contributed by atoms with van der Waals surface area (Å²) in [5.74, 6) is -1.96. The van der Waals surface area contributed by atoms with Gasteiger partial charge in [-0.25, -0.2) is 4.39 Å². The molecule has 1 N–H and O–H groups in total. The van der Waals surface area contributed by atoms with E-state index in [4.69, 9.17) is 4.74 Å². The van der Waals surface area contributed by atoms with Gasteiger partial charge < -0.3 is 15.0 Å². The Labute approximate surface area is 151 Å². The maximum Gasteiger partial charge on any atom is 0.312 e. The number of carbonyl (C=O) groups excluding carboxylic acids is 3. The standard InChI is InChI=1S/C19H23FN2O4/c1-12(18(24)21-15-8-6-14(20)7-9-15)26-19(25)13-10-17(23)22(11-13)16-4-2-3-5-16/h6-9,12-13,16H,2-5,10-11H2,1H3,(H,21,24)/t12-,13-/m1/s1. The van der Waals surface area contributed by atoms with Crippen molar-refractivity contribution in [3.05, 3.63) is 30.1 Å². The van der Waals surface area contributed by atoms with Crippen LogP contribution in [-0.2, 0) is 19.1 Å². The molecular weight excluding hydrogens is 339 g/mol. The molecule has 7 heteroatoms. The molecule has 1 saturated heterocycles. The summed E-state index contributed by atoms with van der Waals surface area (Å²) >= 11 is 0. The number of carbonyl (C=O) groups is 3. The predicted molar refractivity (Wildman–Crippen MR) is 92.7 cm³/mol. The molecular formula is C19H23FN2O4. The fraction of sp³-hybridized carbons (Fsp3) is 0.526. The van der Waals surface area contributed by atoms with Gasteiger partial charge in [0.15, 0.2) is 6.10 Å². The van der Waals surface area contributed by atoms with Crippen LogP contribution in [0.1, 0.15) is 39.0 Å². The summed E-state index contributed by atoms with van der Waals surface area (Å²) in [6.45, 7) is 1.84. The van der Waals surface area contributed by atoms with Crippen molar-refractivity contribution in [3.8, 4) is 0 Å². The summed E-state index contributed by atoms with van der Waals surface area (Å²) in [7, 11) is 0. The van der Waals surface area contributed by atoms with E-state index in [1.165, 1.54) is 31.2 Å². The van der Waals surface area contributed by atoms with Crippen molar-refractivity contribution in [2.24, 2.45) is 5.92 Å². The minimum absolute atomic E-state index is 0.0118. The van der Waals surface area contributed by atoms with Gasteiger partial charge in [0.2, 0.25) is 5.91 Å². The van der Waals surface area contributed by atoms with E-state index in [-0.39, 0.29) is 18.4 Å². The Balaban J connectivity index is 1.51. The molecule has 140 valence electrons. The number of esters is 1. The molecule has 2 amide bonds. The number of rotatable bonds is 5. The van der Waals surface area contributed by atoms with Crippen molar-refractivity contribution in [2.75, 3.05) is 11.9 Å². The van der Waals surface area contributed by atoms with Crippen LogP contribution in [0.2, 0.25) is 0 Å². The van der Waals surface area contributed by atoms with E-state index in [9.17, 15) is 18.8 Å². The van der Waals surface area contributed by atoms with Crippen LogP contribution in [0.4, 0.5) is 10.1 Å². The van der Waals surface area contributed by atoms with Crippen LogP contribution in [-0.4, -0.2) is 41.4 Å². The monoisotopic (exact) mass is 362 g/mol. The highest BCUT2D eigenvalue weighted by molar-refractivity contribution is 5.95. The molecule has 0 bridgehead atoms. The number of likely N-dealkylation sites (tertiary alicyclic amines) is 1. The summed E-state index contributed by atoms with van der Waals surface area (Å²) in [4.78, 5) is 38.4. The summed E-state index contributed by atoms with van der Waals surface area (Å²) in [5.41, 5.74) is 0.419. The largest absolute Gasteiger partial charge is 0.452 e. The number of amides is 2.